The Morgan fingerprint density at radius 1 is 1.60 bits per heavy atom. The second-order valence-electron chi connectivity index (χ2n) is 5.33. The molecule has 6 heteroatoms. The second-order valence-corrected chi connectivity index (χ2v) is 6.89. The van der Waals surface area contributed by atoms with Crippen molar-refractivity contribution in [3.05, 3.63) is 16.9 Å². The maximum absolute atomic E-state index is 6.40. The zero-order chi connectivity index (χ0) is 14.5. The molecule has 1 saturated heterocycles. The van der Waals surface area contributed by atoms with Crippen LogP contribution in [0.2, 0.25) is 5.02 Å². The van der Waals surface area contributed by atoms with E-state index in [-0.39, 0.29) is 12.1 Å². The van der Waals surface area contributed by atoms with Gasteiger partial charge in [0.05, 0.1) is 35.7 Å². The van der Waals surface area contributed by atoms with Gasteiger partial charge in [-0.1, -0.05) is 18.5 Å². The Morgan fingerprint density at radius 3 is 3.00 bits per heavy atom. The van der Waals surface area contributed by atoms with Crippen molar-refractivity contribution in [2.45, 2.75) is 45.4 Å². The lowest BCUT2D eigenvalue weighted by molar-refractivity contribution is 0.0441. The van der Waals surface area contributed by atoms with Gasteiger partial charge in [0.1, 0.15) is 0 Å². The summed E-state index contributed by atoms with van der Waals surface area (Å²) in [7, 11) is 0. The SMILES string of the molecule is CCCNC(c1c(Cl)cnn1C(C)C)C1CSCCO1. The van der Waals surface area contributed by atoms with Crippen LogP contribution in [-0.4, -0.2) is 40.5 Å². The molecule has 1 fully saturated rings. The van der Waals surface area contributed by atoms with Crippen molar-refractivity contribution in [2.75, 3.05) is 24.7 Å². The Morgan fingerprint density at radius 2 is 2.40 bits per heavy atom. The van der Waals surface area contributed by atoms with Crippen molar-refractivity contribution in [1.82, 2.24) is 15.1 Å². The topological polar surface area (TPSA) is 39.1 Å². The highest BCUT2D eigenvalue weighted by atomic mass is 35.5. The standard InChI is InChI=1S/C14H24ClN3OS/c1-4-5-16-13(12-9-20-7-6-19-12)14-11(15)8-17-18(14)10(2)3/h8,10,12-13,16H,4-7,9H2,1-3H3. The number of ether oxygens (including phenoxy) is 1. The lowest BCUT2D eigenvalue weighted by Crippen LogP contribution is -2.40. The molecule has 0 radical (unpaired) electrons. The fourth-order valence-electron chi connectivity index (χ4n) is 2.46. The molecule has 20 heavy (non-hydrogen) atoms. The maximum atomic E-state index is 6.40. The molecule has 1 aliphatic rings. The average Bonchev–Trinajstić information content (AvgIpc) is 2.83. The molecule has 2 atom stereocenters. The summed E-state index contributed by atoms with van der Waals surface area (Å²) >= 11 is 8.34. The van der Waals surface area contributed by atoms with Gasteiger partial charge in [0.2, 0.25) is 0 Å². The normalized spacial score (nSPS) is 21.4. The van der Waals surface area contributed by atoms with Gasteiger partial charge in [0, 0.05) is 17.5 Å². The quantitative estimate of drug-likeness (QED) is 0.874. The van der Waals surface area contributed by atoms with Gasteiger partial charge in [-0.05, 0) is 26.8 Å². The van der Waals surface area contributed by atoms with Crippen molar-refractivity contribution in [1.29, 1.82) is 0 Å². The predicted octanol–water partition coefficient (Wildman–Crippen LogP) is 3.29. The Bertz CT molecular complexity index is 419. The van der Waals surface area contributed by atoms with Gasteiger partial charge in [-0.3, -0.25) is 4.68 Å². The monoisotopic (exact) mass is 317 g/mol. The van der Waals surface area contributed by atoms with Crippen LogP contribution in [0.15, 0.2) is 6.20 Å². The molecule has 4 nitrogen and oxygen atoms in total. The molecule has 0 spiro atoms. The number of nitrogens with one attached hydrogen (secondary N) is 1. The zero-order valence-electron chi connectivity index (χ0n) is 12.4. The summed E-state index contributed by atoms with van der Waals surface area (Å²) in [5, 5.41) is 8.74. The smallest absolute Gasteiger partial charge is 0.0876 e. The van der Waals surface area contributed by atoms with E-state index in [2.05, 4.69) is 31.2 Å². The molecule has 2 rings (SSSR count). The lowest BCUT2D eigenvalue weighted by Gasteiger charge is -2.32. The summed E-state index contributed by atoms with van der Waals surface area (Å²) < 4.78 is 7.98. The predicted molar refractivity (Wildman–Crippen MR) is 85.7 cm³/mol. The van der Waals surface area contributed by atoms with Crippen LogP contribution < -0.4 is 5.32 Å². The number of rotatable bonds is 6. The van der Waals surface area contributed by atoms with Gasteiger partial charge in [0.25, 0.3) is 0 Å². The molecule has 1 N–H and O–H groups in total. The minimum atomic E-state index is 0.111. The van der Waals surface area contributed by atoms with Crippen molar-refractivity contribution in [3.63, 3.8) is 0 Å². The van der Waals surface area contributed by atoms with Crippen LogP contribution in [-0.2, 0) is 4.74 Å². The van der Waals surface area contributed by atoms with E-state index in [0.29, 0.717) is 6.04 Å². The highest BCUT2D eigenvalue weighted by molar-refractivity contribution is 7.99. The van der Waals surface area contributed by atoms with E-state index in [9.17, 15) is 0 Å². The zero-order valence-corrected chi connectivity index (χ0v) is 14.0. The van der Waals surface area contributed by atoms with E-state index in [0.717, 1.165) is 41.8 Å². The summed E-state index contributed by atoms with van der Waals surface area (Å²) in [4.78, 5) is 0. The van der Waals surface area contributed by atoms with Gasteiger partial charge in [-0.25, -0.2) is 0 Å². The molecule has 0 saturated carbocycles. The summed E-state index contributed by atoms with van der Waals surface area (Å²) in [6.45, 7) is 8.18. The van der Waals surface area contributed by atoms with E-state index >= 15 is 0 Å². The number of thioether (sulfide) groups is 1. The number of nitrogens with zero attached hydrogens (tertiary/aromatic N) is 2. The summed E-state index contributed by atoms with van der Waals surface area (Å²) in [5.41, 5.74) is 1.06. The molecular formula is C14H24ClN3OS. The highest BCUT2D eigenvalue weighted by Gasteiger charge is 2.31. The minimum Gasteiger partial charge on any atom is -0.374 e. The largest absolute Gasteiger partial charge is 0.374 e. The van der Waals surface area contributed by atoms with Crippen LogP contribution >= 0.6 is 23.4 Å². The van der Waals surface area contributed by atoms with Crippen LogP contribution in [0.4, 0.5) is 0 Å². The van der Waals surface area contributed by atoms with E-state index in [1.54, 1.807) is 6.20 Å². The van der Waals surface area contributed by atoms with Crippen molar-refractivity contribution < 1.29 is 4.74 Å². The van der Waals surface area contributed by atoms with Crippen molar-refractivity contribution in [3.8, 4) is 0 Å². The van der Waals surface area contributed by atoms with Crippen LogP contribution in [0.5, 0.6) is 0 Å². The number of hydrogen-bond acceptors (Lipinski definition) is 4. The first-order valence-corrected chi connectivity index (χ1v) is 8.84. The van der Waals surface area contributed by atoms with Crippen molar-refractivity contribution >= 4 is 23.4 Å². The first-order chi connectivity index (χ1) is 9.65. The minimum absolute atomic E-state index is 0.111. The van der Waals surface area contributed by atoms with Gasteiger partial charge < -0.3 is 10.1 Å². The van der Waals surface area contributed by atoms with Gasteiger partial charge in [-0.2, -0.15) is 16.9 Å². The van der Waals surface area contributed by atoms with E-state index in [1.165, 1.54) is 0 Å². The molecule has 1 aliphatic heterocycles. The molecule has 2 unspecified atom stereocenters. The van der Waals surface area contributed by atoms with Gasteiger partial charge in [0.15, 0.2) is 0 Å². The third-order valence-electron chi connectivity index (χ3n) is 3.40. The summed E-state index contributed by atoms with van der Waals surface area (Å²) in [5.74, 6) is 2.08. The van der Waals surface area contributed by atoms with E-state index in [4.69, 9.17) is 16.3 Å². The van der Waals surface area contributed by atoms with Crippen LogP contribution in [0.3, 0.4) is 0 Å². The first kappa shape index (κ1) is 16.1. The molecule has 2 heterocycles. The summed E-state index contributed by atoms with van der Waals surface area (Å²) in [6, 6.07) is 0.403. The third kappa shape index (κ3) is 3.70. The number of aromatic nitrogens is 2. The van der Waals surface area contributed by atoms with E-state index in [1.807, 2.05) is 16.4 Å². The molecule has 0 aliphatic carbocycles. The second kappa shape index (κ2) is 7.69. The molecule has 0 aromatic carbocycles. The van der Waals surface area contributed by atoms with Crippen LogP contribution in [0.25, 0.3) is 0 Å². The lowest BCUT2D eigenvalue weighted by atomic mass is 10.1. The molecule has 0 amide bonds. The number of halogens is 1. The molecule has 0 bridgehead atoms. The molecule has 1 aromatic rings. The van der Waals surface area contributed by atoms with Gasteiger partial charge >= 0.3 is 0 Å². The van der Waals surface area contributed by atoms with Gasteiger partial charge in [-0.15, -0.1) is 0 Å². The molecule has 1 aromatic heterocycles. The third-order valence-corrected chi connectivity index (χ3v) is 4.71. The van der Waals surface area contributed by atoms with Crippen molar-refractivity contribution in [2.24, 2.45) is 0 Å². The first-order valence-electron chi connectivity index (χ1n) is 7.30. The maximum Gasteiger partial charge on any atom is 0.0876 e. The van der Waals surface area contributed by atoms with Crippen LogP contribution in [0, 0.1) is 0 Å². The molecule has 114 valence electrons. The Balaban J connectivity index is 2.27. The highest BCUT2D eigenvalue weighted by Crippen LogP contribution is 2.31. The number of hydrogen-bond donors (Lipinski definition) is 1. The van der Waals surface area contributed by atoms with E-state index < -0.39 is 0 Å². The summed E-state index contributed by atoms with van der Waals surface area (Å²) in [6.07, 6.45) is 2.99. The van der Waals surface area contributed by atoms with Crippen LogP contribution in [0.1, 0.15) is 45.0 Å². The fourth-order valence-corrected chi connectivity index (χ4v) is 3.61. The molecular weight excluding hydrogens is 294 g/mol. The average molecular weight is 318 g/mol. The fraction of sp³-hybridized carbons (Fsp3) is 0.786. The Labute approximate surface area is 130 Å². The Kier molecular flexibility index (Phi) is 6.20. The Hall–Kier alpha value is -0.230.